The number of hydrogen-bond acceptors (Lipinski definition) is 3. The zero-order chi connectivity index (χ0) is 10.1. The monoisotopic (exact) mass is 195 g/mol. The summed E-state index contributed by atoms with van der Waals surface area (Å²) in [6.45, 7) is 3.51. The fourth-order valence-corrected chi connectivity index (χ4v) is 0.700. The molecule has 13 heavy (non-hydrogen) atoms. The molecule has 0 aromatic carbocycles. The van der Waals surface area contributed by atoms with Crippen molar-refractivity contribution < 1.29 is 22.3 Å². The molecule has 1 aromatic heterocycles. The molecule has 0 spiro atoms. The van der Waals surface area contributed by atoms with Gasteiger partial charge in [-0.15, -0.1) is 13.2 Å². The average Bonchev–Trinajstić information content (AvgIpc) is 2.31. The Morgan fingerprint density at radius 2 is 2.08 bits per heavy atom. The van der Waals surface area contributed by atoms with Crippen molar-refractivity contribution in [2.24, 2.45) is 0 Å². The Bertz CT molecular complexity index is 280. The molecule has 3 nitrogen and oxygen atoms in total. The minimum absolute atomic E-state index is 0.0643. The SMILES string of the molecule is CC(C)c1ncc(OC(F)(F)F)o1. The molecule has 0 fully saturated rings. The van der Waals surface area contributed by atoms with Gasteiger partial charge >= 0.3 is 12.3 Å². The molecule has 1 aromatic rings. The smallest absolute Gasteiger partial charge is 0.410 e. The summed E-state index contributed by atoms with van der Waals surface area (Å²) in [7, 11) is 0. The summed E-state index contributed by atoms with van der Waals surface area (Å²) in [5.74, 6) is -0.471. The molecule has 0 aliphatic heterocycles. The van der Waals surface area contributed by atoms with Crippen LogP contribution in [0, 0.1) is 0 Å². The van der Waals surface area contributed by atoms with E-state index in [2.05, 4.69) is 14.1 Å². The lowest BCUT2D eigenvalue weighted by Gasteiger charge is -2.03. The van der Waals surface area contributed by atoms with Crippen molar-refractivity contribution in [3.63, 3.8) is 0 Å². The fraction of sp³-hybridized carbons (Fsp3) is 0.571. The maximum Gasteiger partial charge on any atom is 0.575 e. The summed E-state index contributed by atoms with van der Waals surface area (Å²) in [5.41, 5.74) is 0. The number of hydrogen-bond donors (Lipinski definition) is 0. The Labute approximate surface area is 72.5 Å². The van der Waals surface area contributed by atoms with E-state index >= 15 is 0 Å². The summed E-state index contributed by atoms with van der Waals surface area (Å²) in [5, 5.41) is 0. The minimum atomic E-state index is -4.73. The van der Waals surface area contributed by atoms with E-state index in [1.807, 2.05) is 0 Å². The first-order chi connectivity index (χ1) is 5.88. The molecule has 1 rings (SSSR count). The van der Waals surface area contributed by atoms with Crippen molar-refractivity contribution in [2.45, 2.75) is 26.1 Å². The Hall–Kier alpha value is -1.20. The van der Waals surface area contributed by atoms with Crippen LogP contribution in [0.15, 0.2) is 10.6 Å². The maximum absolute atomic E-state index is 11.6. The highest BCUT2D eigenvalue weighted by molar-refractivity contribution is 5.02. The number of ether oxygens (including phenoxy) is 1. The van der Waals surface area contributed by atoms with Gasteiger partial charge in [-0.1, -0.05) is 13.8 Å². The number of aromatic nitrogens is 1. The van der Waals surface area contributed by atoms with Gasteiger partial charge in [0, 0.05) is 5.92 Å². The minimum Gasteiger partial charge on any atom is -0.410 e. The van der Waals surface area contributed by atoms with E-state index in [1.165, 1.54) is 0 Å². The third-order valence-corrected chi connectivity index (χ3v) is 1.21. The van der Waals surface area contributed by atoms with E-state index in [0.717, 1.165) is 6.20 Å². The summed E-state index contributed by atoms with van der Waals surface area (Å²) in [4.78, 5) is 3.61. The Morgan fingerprint density at radius 3 is 2.46 bits per heavy atom. The van der Waals surface area contributed by atoms with Gasteiger partial charge in [-0.3, -0.25) is 0 Å². The van der Waals surface area contributed by atoms with Crippen molar-refractivity contribution in [2.75, 3.05) is 0 Å². The quantitative estimate of drug-likeness (QED) is 0.727. The van der Waals surface area contributed by atoms with Gasteiger partial charge in [0.1, 0.15) is 6.20 Å². The lowest BCUT2D eigenvalue weighted by atomic mass is 10.2. The molecule has 0 aliphatic carbocycles. The van der Waals surface area contributed by atoms with Gasteiger partial charge in [-0.25, -0.2) is 4.98 Å². The summed E-state index contributed by atoms with van der Waals surface area (Å²) in [6, 6.07) is 0. The van der Waals surface area contributed by atoms with Crippen LogP contribution in [-0.4, -0.2) is 11.3 Å². The molecule has 0 saturated carbocycles. The van der Waals surface area contributed by atoms with Gasteiger partial charge < -0.3 is 9.15 Å². The Balaban J connectivity index is 2.70. The molecule has 0 atom stereocenters. The lowest BCUT2D eigenvalue weighted by Crippen LogP contribution is -2.16. The Kier molecular flexibility index (Phi) is 2.49. The standard InChI is InChI=1S/C7H8F3NO2/c1-4(2)6-11-3-5(12-6)13-7(8,9)10/h3-4H,1-2H3. The highest BCUT2D eigenvalue weighted by Crippen LogP contribution is 2.25. The molecule has 1 heterocycles. The van der Waals surface area contributed by atoms with E-state index in [9.17, 15) is 13.2 Å². The van der Waals surface area contributed by atoms with Gasteiger partial charge in [-0.05, 0) is 0 Å². The van der Waals surface area contributed by atoms with Gasteiger partial charge in [0.2, 0.25) is 5.89 Å². The highest BCUT2D eigenvalue weighted by Gasteiger charge is 2.33. The van der Waals surface area contributed by atoms with Crippen LogP contribution in [0.4, 0.5) is 13.2 Å². The molecule has 0 amide bonds. The van der Waals surface area contributed by atoms with Crippen molar-refractivity contribution in [3.05, 3.63) is 12.1 Å². The molecule has 74 valence electrons. The number of nitrogens with zero attached hydrogens (tertiary/aromatic N) is 1. The maximum atomic E-state index is 11.6. The first-order valence-electron chi connectivity index (χ1n) is 3.60. The zero-order valence-electron chi connectivity index (χ0n) is 7.05. The van der Waals surface area contributed by atoms with Gasteiger partial charge in [0.05, 0.1) is 0 Å². The fourth-order valence-electron chi connectivity index (χ4n) is 0.700. The second kappa shape index (κ2) is 3.27. The number of halogens is 3. The molecular weight excluding hydrogens is 187 g/mol. The van der Waals surface area contributed by atoms with Gasteiger partial charge in [0.25, 0.3) is 0 Å². The van der Waals surface area contributed by atoms with Crippen LogP contribution in [0.25, 0.3) is 0 Å². The predicted molar refractivity (Wildman–Crippen MR) is 37.3 cm³/mol. The molecule has 0 bridgehead atoms. The highest BCUT2D eigenvalue weighted by atomic mass is 19.4. The number of oxazole rings is 1. The van der Waals surface area contributed by atoms with E-state index in [4.69, 9.17) is 0 Å². The first-order valence-corrected chi connectivity index (χ1v) is 3.60. The molecule has 0 radical (unpaired) electrons. The zero-order valence-corrected chi connectivity index (χ0v) is 7.05. The van der Waals surface area contributed by atoms with E-state index in [1.54, 1.807) is 13.8 Å². The second-order valence-electron chi connectivity index (χ2n) is 2.72. The van der Waals surface area contributed by atoms with Crippen LogP contribution < -0.4 is 4.74 Å². The van der Waals surface area contributed by atoms with Crippen LogP contribution in [0.2, 0.25) is 0 Å². The van der Waals surface area contributed by atoms with Crippen LogP contribution >= 0.6 is 0 Å². The average molecular weight is 195 g/mol. The molecule has 0 unspecified atom stereocenters. The van der Waals surface area contributed by atoms with Crippen molar-refractivity contribution in [3.8, 4) is 5.95 Å². The summed E-state index contributed by atoms with van der Waals surface area (Å²) < 4.78 is 43.1. The van der Waals surface area contributed by atoms with Crippen LogP contribution in [-0.2, 0) is 0 Å². The van der Waals surface area contributed by atoms with Crippen LogP contribution in [0.1, 0.15) is 25.7 Å². The van der Waals surface area contributed by atoms with Gasteiger partial charge in [-0.2, -0.15) is 0 Å². The third kappa shape index (κ3) is 2.96. The summed E-state index contributed by atoms with van der Waals surface area (Å²) >= 11 is 0. The third-order valence-electron chi connectivity index (χ3n) is 1.21. The predicted octanol–water partition coefficient (Wildman–Crippen LogP) is 2.70. The normalized spacial score (nSPS) is 12.2. The number of alkyl halides is 3. The van der Waals surface area contributed by atoms with Crippen molar-refractivity contribution in [1.82, 2.24) is 4.98 Å². The van der Waals surface area contributed by atoms with Crippen LogP contribution in [0.5, 0.6) is 5.95 Å². The van der Waals surface area contributed by atoms with E-state index in [-0.39, 0.29) is 11.8 Å². The molecule has 0 N–H and O–H groups in total. The largest absolute Gasteiger partial charge is 0.575 e. The van der Waals surface area contributed by atoms with Crippen molar-refractivity contribution >= 4 is 0 Å². The summed E-state index contributed by atoms with van der Waals surface area (Å²) in [6.07, 6.45) is -3.82. The van der Waals surface area contributed by atoms with Gasteiger partial charge in [0.15, 0.2) is 0 Å². The number of rotatable bonds is 2. The molecular formula is C7H8F3NO2. The second-order valence-corrected chi connectivity index (χ2v) is 2.72. The molecule has 0 aliphatic rings. The van der Waals surface area contributed by atoms with E-state index in [0.29, 0.717) is 0 Å². The topological polar surface area (TPSA) is 35.3 Å². The lowest BCUT2D eigenvalue weighted by molar-refractivity contribution is -0.280. The van der Waals surface area contributed by atoms with Crippen LogP contribution in [0.3, 0.4) is 0 Å². The Morgan fingerprint density at radius 1 is 1.46 bits per heavy atom. The first kappa shape index (κ1) is 9.88. The molecule has 6 heteroatoms. The molecule has 0 saturated heterocycles. The van der Waals surface area contributed by atoms with Crippen molar-refractivity contribution in [1.29, 1.82) is 0 Å². The van der Waals surface area contributed by atoms with E-state index < -0.39 is 12.3 Å².